The molecule has 1 N–H and O–H groups in total. The minimum atomic E-state index is -0.279. The number of ether oxygens (including phenoxy) is 1. The summed E-state index contributed by atoms with van der Waals surface area (Å²) in [5, 5.41) is 8.82. The molecule has 0 aliphatic carbocycles. The second-order valence-electron chi connectivity index (χ2n) is 6.48. The Hall–Kier alpha value is -1.02. The van der Waals surface area contributed by atoms with E-state index in [2.05, 4.69) is 47.6 Å². The number of hydrogen-bond donors (Lipinski definition) is 1. The lowest BCUT2D eigenvalue weighted by Crippen LogP contribution is -2.22. The van der Waals surface area contributed by atoms with Crippen molar-refractivity contribution in [2.75, 3.05) is 6.79 Å². The van der Waals surface area contributed by atoms with Gasteiger partial charge in [0.2, 0.25) is 0 Å². The van der Waals surface area contributed by atoms with Gasteiger partial charge in [-0.25, -0.2) is 0 Å². The molecule has 0 saturated heterocycles. The van der Waals surface area contributed by atoms with Crippen LogP contribution in [0.5, 0.6) is 5.75 Å². The van der Waals surface area contributed by atoms with Crippen LogP contribution < -0.4 is 4.74 Å². The Kier molecular flexibility index (Phi) is 3.88. The summed E-state index contributed by atoms with van der Waals surface area (Å²) >= 11 is 0. The van der Waals surface area contributed by atoms with Crippen LogP contribution in [0.25, 0.3) is 0 Å². The molecule has 0 heterocycles. The number of rotatable bonds is 2. The van der Waals surface area contributed by atoms with Gasteiger partial charge >= 0.3 is 0 Å². The smallest absolute Gasteiger partial charge is 0.186 e. The molecular formula is C15H24O2. The molecule has 0 unspecified atom stereocenters. The molecule has 0 bridgehead atoms. The summed E-state index contributed by atoms with van der Waals surface area (Å²) in [6.07, 6.45) is 0. The summed E-state index contributed by atoms with van der Waals surface area (Å²) in [6.45, 7) is 12.9. The summed E-state index contributed by atoms with van der Waals surface area (Å²) in [5.74, 6) is 0.727. The van der Waals surface area contributed by atoms with Crippen molar-refractivity contribution in [3.8, 4) is 5.75 Å². The van der Waals surface area contributed by atoms with Gasteiger partial charge in [-0.2, -0.15) is 0 Å². The minimum Gasteiger partial charge on any atom is -0.468 e. The van der Waals surface area contributed by atoms with Gasteiger partial charge in [0.05, 0.1) is 0 Å². The van der Waals surface area contributed by atoms with E-state index in [-0.39, 0.29) is 17.6 Å². The first kappa shape index (κ1) is 14.0. The summed E-state index contributed by atoms with van der Waals surface area (Å²) < 4.78 is 5.16. The maximum absolute atomic E-state index is 8.82. The fourth-order valence-corrected chi connectivity index (χ4v) is 1.96. The molecule has 0 aliphatic rings. The lowest BCUT2D eigenvalue weighted by molar-refractivity contribution is 0.0983. The van der Waals surface area contributed by atoms with E-state index in [0.717, 1.165) is 5.75 Å². The van der Waals surface area contributed by atoms with Crippen molar-refractivity contribution in [1.82, 2.24) is 0 Å². The third-order valence-corrected chi connectivity index (χ3v) is 2.84. The van der Waals surface area contributed by atoms with Crippen LogP contribution in [0, 0.1) is 0 Å². The van der Waals surface area contributed by atoms with Crippen molar-refractivity contribution in [2.24, 2.45) is 0 Å². The van der Waals surface area contributed by atoms with E-state index >= 15 is 0 Å². The monoisotopic (exact) mass is 236 g/mol. The van der Waals surface area contributed by atoms with Crippen LogP contribution in [-0.4, -0.2) is 11.9 Å². The van der Waals surface area contributed by atoms with Crippen LogP contribution in [0.15, 0.2) is 18.2 Å². The molecule has 17 heavy (non-hydrogen) atoms. The molecule has 0 amide bonds. The van der Waals surface area contributed by atoms with Gasteiger partial charge in [-0.1, -0.05) is 47.6 Å². The lowest BCUT2D eigenvalue weighted by Gasteiger charge is -2.30. The predicted octanol–water partition coefficient (Wildman–Crippen LogP) is 3.61. The Labute approximate surface area is 105 Å². The molecule has 1 rings (SSSR count). The summed E-state index contributed by atoms with van der Waals surface area (Å²) in [5.41, 5.74) is 2.78. The Balaban J connectivity index is 3.33. The van der Waals surface area contributed by atoms with E-state index in [1.54, 1.807) is 0 Å². The molecule has 0 radical (unpaired) electrons. The van der Waals surface area contributed by atoms with Crippen LogP contribution >= 0.6 is 0 Å². The normalized spacial score (nSPS) is 12.6. The number of hydrogen-bond acceptors (Lipinski definition) is 2. The zero-order valence-corrected chi connectivity index (χ0v) is 11.8. The average molecular weight is 236 g/mol. The van der Waals surface area contributed by atoms with E-state index in [0.29, 0.717) is 0 Å². The van der Waals surface area contributed by atoms with Crippen molar-refractivity contribution in [3.63, 3.8) is 0 Å². The highest BCUT2D eigenvalue weighted by molar-refractivity contribution is 5.43. The van der Waals surface area contributed by atoms with Gasteiger partial charge in [0.25, 0.3) is 0 Å². The van der Waals surface area contributed by atoms with Gasteiger partial charge in [-0.3, -0.25) is 0 Å². The van der Waals surface area contributed by atoms with Gasteiger partial charge in [0.15, 0.2) is 6.79 Å². The van der Waals surface area contributed by atoms with Crippen molar-refractivity contribution in [3.05, 3.63) is 29.3 Å². The van der Waals surface area contributed by atoms with Crippen molar-refractivity contribution in [1.29, 1.82) is 0 Å². The Morgan fingerprint density at radius 1 is 0.941 bits per heavy atom. The second-order valence-corrected chi connectivity index (χ2v) is 6.48. The highest BCUT2D eigenvalue weighted by Gasteiger charge is 2.25. The highest BCUT2D eigenvalue weighted by atomic mass is 16.6. The van der Waals surface area contributed by atoms with E-state index in [1.807, 2.05) is 12.1 Å². The van der Waals surface area contributed by atoms with Crippen molar-refractivity contribution in [2.45, 2.75) is 52.4 Å². The molecule has 0 aromatic heterocycles. The molecule has 2 heteroatoms. The summed E-state index contributed by atoms with van der Waals surface area (Å²) in [4.78, 5) is 0. The molecule has 96 valence electrons. The van der Waals surface area contributed by atoms with Crippen LogP contribution in [-0.2, 0) is 10.8 Å². The zero-order valence-electron chi connectivity index (χ0n) is 11.8. The topological polar surface area (TPSA) is 29.5 Å². The van der Waals surface area contributed by atoms with E-state index < -0.39 is 0 Å². The van der Waals surface area contributed by atoms with Crippen LogP contribution in [0.3, 0.4) is 0 Å². The quantitative estimate of drug-likeness (QED) is 0.795. The van der Waals surface area contributed by atoms with Gasteiger partial charge < -0.3 is 9.84 Å². The largest absolute Gasteiger partial charge is 0.468 e. The van der Waals surface area contributed by atoms with Gasteiger partial charge in [0, 0.05) is 0 Å². The van der Waals surface area contributed by atoms with Gasteiger partial charge in [-0.15, -0.1) is 0 Å². The fraction of sp³-hybridized carbons (Fsp3) is 0.600. The number of aliphatic hydroxyl groups excluding tert-OH is 1. The Morgan fingerprint density at radius 2 is 1.47 bits per heavy atom. The first-order chi connectivity index (χ1) is 7.66. The molecule has 1 aromatic carbocycles. The Bertz CT molecular complexity index is 381. The number of benzene rings is 1. The van der Waals surface area contributed by atoms with E-state index in [1.165, 1.54) is 11.1 Å². The minimum absolute atomic E-state index is 0.0669. The van der Waals surface area contributed by atoms with Crippen LogP contribution in [0.1, 0.15) is 52.7 Å². The predicted molar refractivity (Wildman–Crippen MR) is 71.6 cm³/mol. The molecule has 0 aliphatic heterocycles. The molecule has 0 saturated carbocycles. The van der Waals surface area contributed by atoms with Crippen molar-refractivity contribution < 1.29 is 9.84 Å². The fourth-order valence-electron chi connectivity index (χ4n) is 1.96. The average Bonchev–Trinajstić information content (AvgIpc) is 2.15. The third kappa shape index (κ3) is 3.47. The molecule has 0 fully saturated rings. The maximum Gasteiger partial charge on any atom is 0.186 e. The lowest BCUT2D eigenvalue weighted by atomic mass is 9.75. The van der Waals surface area contributed by atoms with E-state index in [9.17, 15) is 0 Å². The maximum atomic E-state index is 8.82. The number of aliphatic hydroxyl groups is 1. The Morgan fingerprint density at radius 3 is 1.88 bits per heavy atom. The van der Waals surface area contributed by atoms with Crippen LogP contribution in [0.2, 0.25) is 0 Å². The van der Waals surface area contributed by atoms with E-state index in [4.69, 9.17) is 9.84 Å². The van der Waals surface area contributed by atoms with Crippen molar-refractivity contribution >= 4 is 0 Å². The molecular weight excluding hydrogens is 212 g/mol. The summed E-state index contributed by atoms with van der Waals surface area (Å²) in [6, 6.07) is 6.06. The standard InChI is InChI=1S/C15H24O2/c1-14(2,3)12-8-7-11(17-10-16)9-13(12)15(4,5)6/h7-9,16H,10H2,1-6H3. The first-order valence-corrected chi connectivity index (χ1v) is 6.05. The van der Waals surface area contributed by atoms with Gasteiger partial charge in [-0.05, 0) is 34.1 Å². The van der Waals surface area contributed by atoms with Gasteiger partial charge in [0.1, 0.15) is 5.75 Å². The SMILES string of the molecule is CC(C)(C)c1ccc(OCO)cc1C(C)(C)C. The second kappa shape index (κ2) is 4.69. The zero-order chi connectivity index (χ0) is 13.3. The van der Waals surface area contributed by atoms with Crippen LogP contribution in [0.4, 0.5) is 0 Å². The molecule has 2 nitrogen and oxygen atoms in total. The highest BCUT2D eigenvalue weighted by Crippen LogP contribution is 2.35. The molecule has 0 spiro atoms. The first-order valence-electron chi connectivity index (χ1n) is 6.05. The third-order valence-electron chi connectivity index (χ3n) is 2.84. The molecule has 1 aromatic rings. The molecule has 0 atom stereocenters. The summed E-state index contributed by atoms with van der Waals surface area (Å²) in [7, 11) is 0.